The molecule has 3 aromatic carbocycles. The summed E-state index contributed by atoms with van der Waals surface area (Å²) in [5, 5.41) is 0.586. The largest absolute Gasteiger partial charge is 0.436 e. The number of hydrogen-bond donors (Lipinski definition) is 1. The molecule has 0 atom stereocenters. The van der Waals surface area contributed by atoms with Crippen molar-refractivity contribution in [2.75, 3.05) is 4.72 Å². The van der Waals surface area contributed by atoms with E-state index in [-0.39, 0.29) is 4.90 Å². The van der Waals surface area contributed by atoms with E-state index in [1.54, 1.807) is 66.7 Å². The van der Waals surface area contributed by atoms with Gasteiger partial charge in [-0.1, -0.05) is 29.3 Å². The Morgan fingerprint density at radius 2 is 1.67 bits per heavy atom. The van der Waals surface area contributed by atoms with Crippen LogP contribution >= 0.6 is 11.6 Å². The lowest BCUT2D eigenvalue weighted by atomic mass is 10.2. The molecule has 4 rings (SSSR count). The number of aromatic nitrogens is 1. The number of anilines is 1. The number of aryl methyl sites for hydroxylation is 1. The maximum Gasteiger partial charge on any atom is 0.261 e. The number of oxazole rings is 1. The zero-order valence-corrected chi connectivity index (χ0v) is 15.9. The molecule has 5 nitrogen and oxygen atoms in total. The van der Waals surface area contributed by atoms with E-state index in [1.807, 2.05) is 6.92 Å². The van der Waals surface area contributed by atoms with Crippen molar-refractivity contribution < 1.29 is 12.8 Å². The van der Waals surface area contributed by atoms with Crippen LogP contribution in [-0.2, 0) is 10.0 Å². The standard InChI is InChI=1S/C20H15ClN2O3S/c1-13-2-9-17(10-3-13)27(24,25)23-16-7-4-14(5-8-16)20-22-18-12-15(21)6-11-19(18)26-20/h2-12,23H,1H3. The highest BCUT2D eigenvalue weighted by Gasteiger charge is 2.14. The number of halogens is 1. The summed E-state index contributed by atoms with van der Waals surface area (Å²) in [5.41, 5.74) is 3.50. The monoisotopic (exact) mass is 398 g/mol. The summed E-state index contributed by atoms with van der Waals surface area (Å²) in [6.45, 7) is 1.91. The average Bonchev–Trinajstić information content (AvgIpc) is 3.05. The van der Waals surface area contributed by atoms with Gasteiger partial charge < -0.3 is 4.42 Å². The van der Waals surface area contributed by atoms with E-state index in [0.29, 0.717) is 27.7 Å². The van der Waals surface area contributed by atoms with Crippen LogP contribution in [-0.4, -0.2) is 13.4 Å². The fraction of sp³-hybridized carbons (Fsp3) is 0.0500. The third-order valence-electron chi connectivity index (χ3n) is 4.06. The molecule has 0 aliphatic rings. The lowest BCUT2D eigenvalue weighted by Gasteiger charge is -2.08. The molecule has 0 saturated heterocycles. The van der Waals surface area contributed by atoms with Crippen LogP contribution in [0.15, 0.2) is 76.0 Å². The predicted molar refractivity (Wildman–Crippen MR) is 106 cm³/mol. The van der Waals surface area contributed by atoms with Crippen LogP contribution in [0, 0.1) is 6.92 Å². The van der Waals surface area contributed by atoms with Gasteiger partial charge in [0.25, 0.3) is 10.0 Å². The first-order valence-corrected chi connectivity index (χ1v) is 10.0. The zero-order chi connectivity index (χ0) is 19.0. The van der Waals surface area contributed by atoms with E-state index in [4.69, 9.17) is 16.0 Å². The van der Waals surface area contributed by atoms with Crippen molar-refractivity contribution in [1.82, 2.24) is 4.98 Å². The second-order valence-corrected chi connectivity index (χ2v) is 8.25. The Morgan fingerprint density at radius 3 is 2.37 bits per heavy atom. The van der Waals surface area contributed by atoms with Crippen molar-refractivity contribution in [3.05, 3.63) is 77.3 Å². The second-order valence-electron chi connectivity index (χ2n) is 6.13. The van der Waals surface area contributed by atoms with E-state index in [2.05, 4.69) is 9.71 Å². The van der Waals surface area contributed by atoms with Crippen molar-refractivity contribution in [1.29, 1.82) is 0 Å². The van der Waals surface area contributed by atoms with Crippen LogP contribution in [0.4, 0.5) is 5.69 Å². The third kappa shape index (κ3) is 3.67. The summed E-state index contributed by atoms with van der Waals surface area (Å²) in [4.78, 5) is 4.63. The van der Waals surface area contributed by atoms with E-state index in [1.165, 1.54) is 0 Å². The summed E-state index contributed by atoms with van der Waals surface area (Å²) in [5.74, 6) is 0.445. The Labute approximate surface area is 161 Å². The van der Waals surface area contributed by atoms with E-state index >= 15 is 0 Å². The molecule has 4 aromatic rings. The third-order valence-corrected chi connectivity index (χ3v) is 5.70. The molecule has 0 fully saturated rings. The maximum absolute atomic E-state index is 12.5. The molecule has 1 aromatic heterocycles. The van der Waals surface area contributed by atoms with Gasteiger partial charge in [-0.05, 0) is 61.5 Å². The zero-order valence-electron chi connectivity index (χ0n) is 14.3. The number of benzene rings is 3. The summed E-state index contributed by atoms with van der Waals surface area (Å²) < 4.78 is 33.2. The van der Waals surface area contributed by atoms with Crippen LogP contribution < -0.4 is 4.72 Å². The molecule has 1 N–H and O–H groups in total. The number of rotatable bonds is 4. The minimum atomic E-state index is -3.64. The lowest BCUT2D eigenvalue weighted by molar-refractivity contribution is 0.601. The topological polar surface area (TPSA) is 72.2 Å². The van der Waals surface area contributed by atoms with Gasteiger partial charge in [0.2, 0.25) is 5.89 Å². The molecule has 7 heteroatoms. The Morgan fingerprint density at radius 1 is 0.963 bits per heavy atom. The quantitative estimate of drug-likeness (QED) is 0.509. The van der Waals surface area contributed by atoms with Gasteiger partial charge in [0, 0.05) is 16.3 Å². The van der Waals surface area contributed by atoms with Gasteiger partial charge in [0.1, 0.15) is 5.52 Å². The average molecular weight is 399 g/mol. The molecule has 1 heterocycles. The van der Waals surface area contributed by atoms with Crippen LogP contribution in [0.25, 0.3) is 22.6 Å². The molecular weight excluding hydrogens is 384 g/mol. The molecule has 0 saturated carbocycles. The first-order chi connectivity index (χ1) is 12.9. The van der Waals surface area contributed by atoms with Gasteiger partial charge in [-0.3, -0.25) is 4.72 Å². The molecule has 0 aliphatic carbocycles. The number of hydrogen-bond acceptors (Lipinski definition) is 4. The summed E-state index contributed by atoms with van der Waals surface area (Å²) in [7, 11) is -3.64. The van der Waals surface area contributed by atoms with Gasteiger partial charge >= 0.3 is 0 Å². The second kappa shape index (κ2) is 6.72. The van der Waals surface area contributed by atoms with Crippen LogP contribution in [0.3, 0.4) is 0 Å². The van der Waals surface area contributed by atoms with Crippen molar-refractivity contribution in [3.63, 3.8) is 0 Å². The molecule has 0 bridgehead atoms. The molecule has 0 aliphatic heterocycles. The molecular formula is C20H15ClN2O3S. The maximum atomic E-state index is 12.5. The smallest absolute Gasteiger partial charge is 0.261 e. The van der Waals surface area contributed by atoms with Crippen LogP contribution in [0.5, 0.6) is 0 Å². The summed E-state index contributed by atoms with van der Waals surface area (Å²) >= 11 is 5.97. The van der Waals surface area contributed by atoms with Crippen molar-refractivity contribution in [2.45, 2.75) is 11.8 Å². The van der Waals surface area contributed by atoms with E-state index < -0.39 is 10.0 Å². The first kappa shape index (κ1) is 17.6. The van der Waals surface area contributed by atoms with Crippen LogP contribution in [0.1, 0.15) is 5.56 Å². The van der Waals surface area contributed by atoms with Gasteiger partial charge in [-0.2, -0.15) is 0 Å². The summed E-state index contributed by atoms with van der Waals surface area (Å²) in [6, 6.07) is 18.7. The number of fused-ring (bicyclic) bond motifs is 1. The van der Waals surface area contributed by atoms with Crippen molar-refractivity contribution >= 4 is 38.4 Å². The number of nitrogens with one attached hydrogen (secondary N) is 1. The molecule has 0 unspecified atom stereocenters. The van der Waals surface area contributed by atoms with E-state index in [0.717, 1.165) is 11.1 Å². The Balaban J connectivity index is 1.58. The number of sulfonamides is 1. The number of nitrogens with zero attached hydrogens (tertiary/aromatic N) is 1. The van der Waals surface area contributed by atoms with Gasteiger partial charge in [0.15, 0.2) is 5.58 Å². The highest BCUT2D eigenvalue weighted by molar-refractivity contribution is 7.92. The minimum Gasteiger partial charge on any atom is -0.436 e. The minimum absolute atomic E-state index is 0.216. The fourth-order valence-electron chi connectivity index (χ4n) is 2.64. The molecule has 0 radical (unpaired) electrons. The Kier molecular flexibility index (Phi) is 4.37. The molecule has 0 spiro atoms. The summed E-state index contributed by atoms with van der Waals surface area (Å²) in [6.07, 6.45) is 0. The normalized spacial score (nSPS) is 11.6. The highest BCUT2D eigenvalue weighted by atomic mass is 35.5. The SMILES string of the molecule is Cc1ccc(S(=O)(=O)Nc2ccc(-c3nc4cc(Cl)ccc4o3)cc2)cc1. The van der Waals surface area contributed by atoms with Gasteiger partial charge in [0.05, 0.1) is 4.90 Å². The van der Waals surface area contributed by atoms with Gasteiger partial charge in [-0.15, -0.1) is 0 Å². The van der Waals surface area contributed by atoms with E-state index in [9.17, 15) is 8.42 Å². The highest BCUT2D eigenvalue weighted by Crippen LogP contribution is 2.27. The predicted octanol–water partition coefficient (Wildman–Crippen LogP) is 5.26. The van der Waals surface area contributed by atoms with Crippen molar-refractivity contribution in [3.8, 4) is 11.5 Å². The lowest BCUT2D eigenvalue weighted by Crippen LogP contribution is -2.12. The molecule has 136 valence electrons. The fourth-order valence-corrected chi connectivity index (χ4v) is 3.86. The van der Waals surface area contributed by atoms with Crippen LogP contribution in [0.2, 0.25) is 5.02 Å². The van der Waals surface area contributed by atoms with Crippen molar-refractivity contribution in [2.24, 2.45) is 0 Å². The molecule has 27 heavy (non-hydrogen) atoms. The first-order valence-electron chi connectivity index (χ1n) is 8.17. The van der Waals surface area contributed by atoms with Gasteiger partial charge in [-0.25, -0.2) is 13.4 Å². The Hall–Kier alpha value is -2.83. The Bertz CT molecular complexity index is 1210. The molecule has 0 amide bonds.